The molecule has 1 aromatic carbocycles. The summed E-state index contributed by atoms with van der Waals surface area (Å²) < 4.78 is 10.7. The van der Waals surface area contributed by atoms with E-state index in [1.165, 1.54) is 12.0 Å². The molecular formula is C19H32IN3O2. The van der Waals surface area contributed by atoms with Gasteiger partial charge in [-0.25, -0.2) is 0 Å². The van der Waals surface area contributed by atoms with Gasteiger partial charge in [0, 0.05) is 18.0 Å². The van der Waals surface area contributed by atoms with E-state index in [0.717, 1.165) is 29.9 Å². The molecule has 0 amide bonds. The van der Waals surface area contributed by atoms with Crippen LogP contribution in [-0.2, 0) is 5.41 Å². The van der Waals surface area contributed by atoms with Crippen LogP contribution in [-0.4, -0.2) is 39.3 Å². The summed E-state index contributed by atoms with van der Waals surface area (Å²) in [5, 5.41) is 6.83. The minimum atomic E-state index is -0.100. The molecule has 0 heterocycles. The topological polar surface area (TPSA) is 54.9 Å². The summed E-state index contributed by atoms with van der Waals surface area (Å²) in [4.78, 5) is 4.80. The predicted molar refractivity (Wildman–Crippen MR) is 115 cm³/mol. The SMILES string of the molecule is CCNC(=NCC(C)(C)c1ccc(OC)c(OC)c1)NC1CC1C.I. The zero-order valence-electron chi connectivity index (χ0n) is 16.2. The van der Waals surface area contributed by atoms with Gasteiger partial charge in [-0.1, -0.05) is 26.8 Å². The highest BCUT2D eigenvalue weighted by Gasteiger charge is 2.33. The third kappa shape index (κ3) is 5.94. The van der Waals surface area contributed by atoms with Gasteiger partial charge in [-0.3, -0.25) is 4.99 Å². The third-order valence-electron chi connectivity index (χ3n) is 4.57. The number of hydrogen-bond acceptors (Lipinski definition) is 3. The molecule has 1 aromatic rings. The lowest BCUT2D eigenvalue weighted by Crippen LogP contribution is -2.40. The highest BCUT2D eigenvalue weighted by atomic mass is 127. The average Bonchev–Trinajstić information content (AvgIpc) is 3.27. The minimum Gasteiger partial charge on any atom is -0.493 e. The summed E-state index contributed by atoms with van der Waals surface area (Å²) in [5.41, 5.74) is 1.08. The molecule has 1 aliphatic carbocycles. The molecule has 142 valence electrons. The van der Waals surface area contributed by atoms with Gasteiger partial charge >= 0.3 is 0 Å². The molecular weight excluding hydrogens is 429 g/mol. The van der Waals surface area contributed by atoms with Crippen molar-refractivity contribution in [3.8, 4) is 11.5 Å². The Labute approximate surface area is 169 Å². The normalized spacial score (nSPS) is 19.7. The Hall–Kier alpha value is -1.18. The first kappa shape index (κ1) is 21.9. The fourth-order valence-corrected chi connectivity index (χ4v) is 2.64. The maximum absolute atomic E-state index is 5.42. The van der Waals surface area contributed by atoms with E-state index in [9.17, 15) is 0 Å². The number of ether oxygens (including phenoxy) is 2. The molecule has 1 saturated carbocycles. The second-order valence-corrected chi connectivity index (χ2v) is 7.11. The largest absolute Gasteiger partial charge is 0.493 e. The summed E-state index contributed by atoms with van der Waals surface area (Å²) in [6, 6.07) is 6.64. The lowest BCUT2D eigenvalue weighted by atomic mass is 9.84. The third-order valence-corrected chi connectivity index (χ3v) is 4.57. The van der Waals surface area contributed by atoms with Gasteiger partial charge in [0.25, 0.3) is 0 Å². The van der Waals surface area contributed by atoms with E-state index in [1.807, 2.05) is 12.1 Å². The molecule has 25 heavy (non-hydrogen) atoms. The van der Waals surface area contributed by atoms with Crippen LogP contribution in [0.1, 0.15) is 39.7 Å². The Bertz CT molecular complexity index is 590. The van der Waals surface area contributed by atoms with Crippen LogP contribution in [0.25, 0.3) is 0 Å². The highest BCUT2D eigenvalue weighted by Crippen LogP contribution is 2.33. The van der Waals surface area contributed by atoms with Crippen molar-refractivity contribution in [3.05, 3.63) is 23.8 Å². The van der Waals surface area contributed by atoms with E-state index in [4.69, 9.17) is 14.5 Å². The number of nitrogens with zero attached hydrogens (tertiary/aromatic N) is 1. The number of guanidine groups is 1. The number of methoxy groups -OCH3 is 2. The predicted octanol–water partition coefficient (Wildman–Crippen LogP) is 3.56. The molecule has 0 spiro atoms. The molecule has 2 atom stereocenters. The van der Waals surface area contributed by atoms with E-state index in [1.54, 1.807) is 14.2 Å². The number of hydrogen-bond donors (Lipinski definition) is 2. The van der Waals surface area contributed by atoms with Crippen LogP contribution in [0, 0.1) is 5.92 Å². The zero-order valence-corrected chi connectivity index (χ0v) is 18.5. The van der Waals surface area contributed by atoms with Crippen LogP contribution in [0.5, 0.6) is 11.5 Å². The van der Waals surface area contributed by atoms with E-state index in [2.05, 4.69) is 44.4 Å². The highest BCUT2D eigenvalue weighted by molar-refractivity contribution is 14.0. The molecule has 2 unspecified atom stereocenters. The first-order chi connectivity index (χ1) is 11.4. The second kappa shape index (κ2) is 9.50. The fourth-order valence-electron chi connectivity index (χ4n) is 2.64. The van der Waals surface area contributed by atoms with Crippen molar-refractivity contribution in [1.82, 2.24) is 10.6 Å². The summed E-state index contributed by atoms with van der Waals surface area (Å²) in [5.74, 6) is 3.15. The van der Waals surface area contributed by atoms with Crippen LogP contribution in [0.15, 0.2) is 23.2 Å². The van der Waals surface area contributed by atoms with Crippen molar-refractivity contribution in [2.45, 2.75) is 45.6 Å². The monoisotopic (exact) mass is 461 g/mol. The second-order valence-electron chi connectivity index (χ2n) is 7.11. The first-order valence-electron chi connectivity index (χ1n) is 8.68. The van der Waals surface area contributed by atoms with Crippen molar-refractivity contribution in [3.63, 3.8) is 0 Å². The van der Waals surface area contributed by atoms with E-state index >= 15 is 0 Å². The number of aliphatic imine (C=N–C) groups is 1. The molecule has 5 nitrogen and oxygen atoms in total. The van der Waals surface area contributed by atoms with Gasteiger partial charge in [0.2, 0.25) is 0 Å². The maximum Gasteiger partial charge on any atom is 0.191 e. The van der Waals surface area contributed by atoms with Gasteiger partial charge in [0.1, 0.15) is 0 Å². The van der Waals surface area contributed by atoms with E-state index in [0.29, 0.717) is 12.6 Å². The van der Waals surface area contributed by atoms with Crippen LogP contribution < -0.4 is 20.1 Å². The molecule has 6 heteroatoms. The van der Waals surface area contributed by atoms with E-state index in [-0.39, 0.29) is 29.4 Å². The van der Waals surface area contributed by atoms with Crippen molar-refractivity contribution < 1.29 is 9.47 Å². The Kier molecular flexibility index (Phi) is 8.31. The first-order valence-corrected chi connectivity index (χ1v) is 8.68. The van der Waals surface area contributed by atoms with Crippen LogP contribution in [0.4, 0.5) is 0 Å². The smallest absolute Gasteiger partial charge is 0.191 e. The minimum absolute atomic E-state index is 0. The van der Waals surface area contributed by atoms with Gasteiger partial charge in [-0.2, -0.15) is 0 Å². The van der Waals surface area contributed by atoms with Crippen molar-refractivity contribution in [2.24, 2.45) is 10.9 Å². The Morgan fingerprint density at radius 2 is 1.88 bits per heavy atom. The van der Waals surface area contributed by atoms with Crippen molar-refractivity contribution in [1.29, 1.82) is 0 Å². The van der Waals surface area contributed by atoms with Crippen LogP contribution in [0.2, 0.25) is 0 Å². The molecule has 0 bridgehead atoms. The molecule has 0 aliphatic heterocycles. The Morgan fingerprint density at radius 1 is 1.24 bits per heavy atom. The lowest BCUT2D eigenvalue weighted by molar-refractivity contribution is 0.353. The molecule has 0 aromatic heterocycles. The van der Waals surface area contributed by atoms with Crippen molar-refractivity contribution >= 4 is 29.9 Å². The van der Waals surface area contributed by atoms with Gasteiger partial charge in [0.15, 0.2) is 17.5 Å². The maximum atomic E-state index is 5.42. The Morgan fingerprint density at radius 3 is 2.40 bits per heavy atom. The fraction of sp³-hybridized carbons (Fsp3) is 0.632. The van der Waals surface area contributed by atoms with Gasteiger partial charge < -0.3 is 20.1 Å². The van der Waals surface area contributed by atoms with Crippen LogP contribution >= 0.6 is 24.0 Å². The standard InChI is InChI=1S/C19H31N3O2.HI/c1-7-20-18(22-15-10-13(15)2)21-12-19(3,4)14-8-9-16(23-5)17(11-14)24-6;/h8-9,11,13,15H,7,10,12H2,1-6H3,(H2,20,21,22);1H. The van der Waals surface area contributed by atoms with Crippen molar-refractivity contribution in [2.75, 3.05) is 27.3 Å². The molecule has 2 N–H and O–H groups in total. The lowest BCUT2D eigenvalue weighted by Gasteiger charge is -2.25. The quantitative estimate of drug-likeness (QED) is 0.371. The molecule has 0 radical (unpaired) electrons. The molecule has 1 aliphatic rings. The number of halogens is 1. The summed E-state index contributed by atoms with van der Waals surface area (Å²) in [6.45, 7) is 10.3. The number of benzene rings is 1. The van der Waals surface area contributed by atoms with Gasteiger partial charge in [-0.05, 0) is 37.0 Å². The molecule has 0 saturated heterocycles. The molecule has 1 fully saturated rings. The van der Waals surface area contributed by atoms with Gasteiger partial charge in [0.05, 0.1) is 20.8 Å². The molecule has 2 rings (SSSR count). The van der Waals surface area contributed by atoms with Gasteiger partial charge in [-0.15, -0.1) is 24.0 Å². The van der Waals surface area contributed by atoms with E-state index < -0.39 is 0 Å². The average molecular weight is 461 g/mol. The number of rotatable bonds is 7. The summed E-state index contributed by atoms with van der Waals surface area (Å²) >= 11 is 0. The number of nitrogens with one attached hydrogen (secondary N) is 2. The Balaban J connectivity index is 0.00000312. The van der Waals surface area contributed by atoms with Crippen LogP contribution in [0.3, 0.4) is 0 Å². The summed E-state index contributed by atoms with van der Waals surface area (Å²) in [7, 11) is 3.32. The zero-order chi connectivity index (χ0) is 17.7. The summed E-state index contributed by atoms with van der Waals surface area (Å²) in [6.07, 6.45) is 1.23.